The van der Waals surface area contributed by atoms with Crippen molar-refractivity contribution in [2.24, 2.45) is 0 Å². The summed E-state index contributed by atoms with van der Waals surface area (Å²) in [4.78, 5) is 0. The molecule has 0 amide bonds. The van der Waals surface area contributed by atoms with Gasteiger partial charge in [-0.15, -0.1) is 0 Å². The number of nitrogens with zero attached hydrogens (tertiary/aromatic N) is 1. The standard InChI is InChI=1S/C7H15NS.C2H6.CH4O/c1-7-5-6-8(7)9(2,3)4;2*1-2/h1,5-6H2,2-4H3;1-2H3;2H,1H3. The monoisotopic (exact) mass is 207 g/mol. The predicted octanol–water partition coefficient (Wildman–Crippen LogP) is 2.45. The maximum absolute atomic E-state index is 7.00. The van der Waals surface area contributed by atoms with Crippen molar-refractivity contribution in [2.45, 2.75) is 20.3 Å². The van der Waals surface area contributed by atoms with E-state index in [1.54, 1.807) is 0 Å². The summed E-state index contributed by atoms with van der Waals surface area (Å²) in [6, 6.07) is 0. The molecule has 0 radical (unpaired) electrons. The average Bonchev–Trinajstić information content (AvgIpc) is 2.06. The highest BCUT2D eigenvalue weighted by Gasteiger charge is 2.24. The highest BCUT2D eigenvalue weighted by molar-refractivity contribution is 8.30. The number of rotatable bonds is 1. The van der Waals surface area contributed by atoms with Crippen LogP contribution in [-0.4, -0.2) is 41.8 Å². The van der Waals surface area contributed by atoms with Gasteiger partial charge in [-0.25, -0.2) is 0 Å². The number of aliphatic hydroxyl groups is 1. The minimum Gasteiger partial charge on any atom is -0.400 e. The summed E-state index contributed by atoms with van der Waals surface area (Å²) in [5.41, 5.74) is 1.33. The van der Waals surface area contributed by atoms with Crippen LogP contribution in [0.1, 0.15) is 20.3 Å². The van der Waals surface area contributed by atoms with E-state index in [4.69, 9.17) is 5.11 Å². The van der Waals surface area contributed by atoms with Crippen LogP contribution < -0.4 is 0 Å². The summed E-state index contributed by atoms with van der Waals surface area (Å²) in [7, 11) is 0.519. The van der Waals surface area contributed by atoms with E-state index in [1.165, 1.54) is 18.7 Å². The van der Waals surface area contributed by atoms with Crippen molar-refractivity contribution in [1.29, 1.82) is 0 Å². The zero-order chi connectivity index (χ0) is 11.1. The molecule has 0 aromatic rings. The quantitative estimate of drug-likeness (QED) is 0.714. The highest BCUT2D eigenvalue weighted by Crippen LogP contribution is 2.47. The van der Waals surface area contributed by atoms with Crippen LogP contribution in [0.4, 0.5) is 0 Å². The summed E-state index contributed by atoms with van der Waals surface area (Å²) in [6.45, 7) is 9.19. The van der Waals surface area contributed by atoms with E-state index >= 15 is 0 Å². The molecule has 1 aliphatic rings. The molecule has 0 aromatic carbocycles. The van der Waals surface area contributed by atoms with Gasteiger partial charge in [0.2, 0.25) is 0 Å². The summed E-state index contributed by atoms with van der Waals surface area (Å²) in [5, 5.41) is 7.00. The molecule has 1 saturated heterocycles. The molecular formula is C10H25NOS. The van der Waals surface area contributed by atoms with Gasteiger partial charge in [-0.2, -0.15) is 10.2 Å². The molecule has 0 unspecified atom stereocenters. The third-order valence-corrected chi connectivity index (χ3v) is 3.38. The summed E-state index contributed by atoms with van der Waals surface area (Å²) in [5.74, 6) is 0. The zero-order valence-corrected chi connectivity index (χ0v) is 10.7. The smallest absolute Gasteiger partial charge is 0.0330 e. The van der Waals surface area contributed by atoms with Crippen LogP contribution in [0.25, 0.3) is 0 Å². The Morgan fingerprint density at radius 1 is 1.23 bits per heavy atom. The molecule has 0 spiro atoms. The molecule has 82 valence electrons. The van der Waals surface area contributed by atoms with Crippen molar-refractivity contribution >= 4 is 10.2 Å². The first-order valence-electron chi connectivity index (χ1n) is 4.60. The molecule has 0 saturated carbocycles. The van der Waals surface area contributed by atoms with Crippen LogP contribution in [0, 0.1) is 0 Å². The normalized spacial score (nSPS) is 15.9. The molecule has 1 heterocycles. The lowest BCUT2D eigenvalue weighted by molar-refractivity contribution is 0.399. The Morgan fingerprint density at radius 3 is 1.62 bits per heavy atom. The molecule has 0 aliphatic carbocycles. The highest BCUT2D eigenvalue weighted by atomic mass is 32.3. The van der Waals surface area contributed by atoms with E-state index < -0.39 is 10.2 Å². The van der Waals surface area contributed by atoms with Crippen LogP contribution in [0.2, 0.25) is 0 Å². The van der Waals surface area contributed by atoms with E-state index in [0.717, 1.165) is 7.11 Å². The second-order valence-electron chi connectivity index (χ2n) is 3.19. The zero-order valence-electron chi connectivity index (χ0n) is 9.92. The van der Waals surface area contributed by atoms with Gasteiger partial charge in [0.25, 0.3) is 0 Å². The summed E-state index contributed by atoms with van der Waals surface area (Å²) < 4.78 is 2.42. The van der Waals surface area contributed by atoms with Gasteiger partial charge in [0.1, 0.15) is 0 Å². The Morgan fingerprint density at radius 2 is 1.62 bits per heavy atom. The summed E-state index contributed by atoms with van der Waals surface area (Å²) in [6.07, 6.45) is 8.12. The third-order valence-electron chi connectivity index (χ3n) is 1.62. The number of hydrogen-bond acceptors (Lipinski definition) is 2. The molecule has 2 nitrogen and oxygen atoms in total. The minimum atomic E-state index is -0.481. The molecule has 3 heteroatoms. The molecule has 0 bridgehead atoms. The first kappa shape index (κ1) is 15.3. The SMILES string of the molecule is C=C1CCN1S(C)(C)C.CC.CO. The van der Waals surface area contributed by atoms with Gasteiger partial charge in [0.05, 0.1) is 0 Å². The van der Waals surface area contributed by atoms with Crippen molar-refractivity contribution in [3.05, 3.63) is 12.3 Å². The van der Waals surface area contributed by atoms with Crippen LogP contribution in [-0.2, 0) is 0 Å². The third kappa shape index (κ3) is 5.21. The molecule has 0 atom stereocenters. The predicted molar refractivity (Wildman–Crippen MR) is 65.3 cm³/mol. The molecule has 0 aromatic heterocycles. The maximum Gasteiger partial charge on any atom is 0.0330 e. The first-order chi connectivity index (χ1) is 6.02. The first-order valence-corrected chi connectivity index (χ1v) is 7.42. The Bertz CT molecular complexity index is 140. The van der Waals surface area contributed by atoms with Crippen molar-refractivity contribution in [2.75, 3.05) is 32.4 Å². The van der Waals surface area contributed by atoms with E-state index in [2.05, 4.69) is 29.7 Å². The number of hydrogen-bond donors (Lipinski definition) is 1. The minimum absolute atomic E-state index is 0.481. The van der Waals surface area contributed by atoms with E-state index in [1.807, 2.05) is 13.8 Å². The average molecular weight is 207 g/mol. The van der Waals surface area contributed by atoms with Gasteiger partial charge in [0, 0.05) is 25.8 Å². The van der Waals surface area contributed by atoms with Crippen molar-refractivity contribution in [3.63, 3.8) is 0 Å². The van der Waals surface area contributed by atoms with Crippen LogP contribution in [0.15, 0.2) is 12.3 Å². The molecular weight excluding hydrogens is 182 g/mol. The lowest BCUT2D eigenvalue weighted by Gasteiger charge is -2.49. The Balaban J connectivity index is 0. The number of aliphatic hydroxyl groups excluding tert-OH is 1. The van der Waals surface area contributed by atoms with Gasteiger partial charge in [0.15, 0.2) is 0 Å². The molecule has 1 fully saturated rings. The van der Waals surface area contributed by atoms with Gasteiger partial charge in [-0.1, -0.05) is 20.4 Å². The van der Waals surface area contributed by atoms with Gasteiger partial charge in [-0.05, 0) is 18.8 Å². The largest absolute Gasteiger partial charge is 0.400 e. The van der Waals surface area contributed by atoms with Crippen molar-refractivity contribution in [1.82, 2.24) is 4.31 Å². The van der Waals surface area contributed by atoms with E-state index in [9.17, 15) is 0 Å². The second kappa shape index (κ2) is 7.27. The fourth-order valence-electron chi connectivity index (χ4n) is 1.02. The fourth-order valence-corrected chi connectivity index (χ4v) is 2.53. The van der Waals surface area contributed by atoms with Gasteiger partial charge >= 0.3 is 0 Å². The molecule has 13 heavy (non-hydrogen) atoms. The lowest BCUT2D eigenvalue weighted by atomic mass is 10.2. The molecule has 1 aliphatic heterocycles. The van der Waals surface area contributed by atoms with Gasteiger partial charge < -0.3 is 9.41 Å². The topological polar surface area (TPSA) is 23.5 Å². The van der Waals surface area contributed by atoms with E-state index in [0.29, 0.717) is 0 Å². The fraction of sp³-hybridized carbons (Fsp3) is 0.800. The lowest BCUT2D eigenvalue weighted by Crippen LogP contribution is -2.35. The molecule has 1 N–H and O–H groups in total. The maximum atomic E-state index is 7.00. The van der Waals surface area contributed by atoms with Crippen LogP contribution in [0.5, 0.6) is 0 Å². The summed E-state index contributed by atoms with van der Waals surface area (Å²) >= 11 is 0. The van der Waals surface area contributed by atoms with Crippen LogP contribution >= 0.6 is 10.2 Å². The van der Waals surface area contributed by atoms with E-state index in [-0.39, 0.29) is 0 Å². The Hall–Kier alpha value is -0.150. The Labute approximate surface area is 85.1 Å². The Kier molecular flexibility index (Phi) is 8.57. The van der Waals surface area contributed by atoms with Crippen molar-refractivity contribution < 1.29 is 5.11 Å². The molecule has 1 rings (SSSR count). The van der Waals surface area contributed by atoms with Crippen molar-refractivity contribution in [3.8, 4) is 0 Å². The van der Waals surface area contributed by atoms with Gasteiger partial charge in [-0.3, -0.25) is 0 Å². The second-order valence-corrected chi connectivity index (χ2v) is 7.18. The van der Waals surface area contributed by atoms with Crippen LogP contribution in [0.3, 0.4) is 0 Å².